The van der Waals surface area contributed by atoms with Gasteiger partial charge in [-0.25, -0.2) is 0 Å². The highest BCUT2D eigenvalue weighted by atomic mass is 35.5. The number of nitrogens with one attached hydrogen (secondary N) is 1. The van der Waals surface area contributed by atoms with Crippen molar-refractivity contribution in [2.75, 3.05) is 0 Å². The zero-order chi connectivity index (χ0) is 9.84. The van der Waals surface area contributed by atoms with E-state index in [4.69, 9.17) is 23.2 Å². The zero-order valence-corrected chi connectivity index (χ0v) is 8.62. The predicted octanol–water partition coefficient (Wildman–Crippen LogP) is 2.63. The molecule has 0 unspecified atom stereocenters. The summed E-state index contributed by atoms with van der Waals surface area (Å²) in [7, 11) is 0. The van der Waals surface area contributed by atoms with Crippen LogP contribution in [0.4, 0.5) is 0 Å². The summed E-state index contributed by atoms with van der Waals surface area (Å²) in [6, 6.07) is 5.33. The predicted molar refractivity (Wildman–Crippen MR) is 54.0 cm³/mol. The van der Waals surface area contributed by atoms with E-state index in [2.05, 4.69) is 5.32 Å². The molecule has 1 amide bonds. The van der Waals surface area contributed by atoms with Crippen molar-refractivity contribution >= 4 is 29.1 Å². The molecule has 0 aromatic heterocycles. The zero-order valence-electron chi connectivity index (χ0n) is 7.10. The van der Waals surface area contributed by atoms with E-state index in [1.54, 1.807) is 12.1 Å². The lowest BCUT2D eigenvalue weighted by Gasteiger charge is -2.05. The van der Waals surface area contributed by atoms with E-state index in [1.807, 2.05) is 6.07 Å². The maximum atomic E-state index is 10.6. The molecular weight excluding hydrogens is 209 g/mol. The van der Waals surface area contributed by atoms with E-state index >= 15 is 0 Å². The topological polar surface area (TPSA) is 29.1 Å². The molecule has 1 N–H and O–H groups in total. The Kier molecular flexibility index (Phi) is 3.58. The molecule has 1 rings (SSSR count). The fourth-order valence-corrected chi connectivity index (χ4v) is 1.29. The van der Waals surface area contributed by atoms with E-state index in [1.165, 1.54) is 6.92 Å². The van der Waals surface area contributed by atoms with Crippen LogP contribution in [0.2, 0.25) is 10.0 Å². The average Bonchev–Trinajstić information content (AvgIpc) is 2.07. The molecule has 0 saturated heterocycles. The molecule has 0 radical (unpaired) electrons. The van der Waals surface area contributed by atoms with Crippen LogP contribution in [0.15, 0.2) is 18.2 Å². The second-order valence-electron chi connectivity index (χ2n) is 2.62. The minimum Gasteiger partial charge on any atom is -0.352 e. The van der Waals surface area contributed by atoms with Gasteiger partial charge in [-0.05, 0) is 11.6 Å². The van der Waals surface area contributed by atoms with Crippen LogP contribution in [-0.4, -0.2) is 5.91 Å². The Labute approximate surface area is 86.8 Å². The lowest BCUT2D eigenvalue weighted by Crippen LogP contribution is -2.19. The summed E-state index contributed by atoms with van der Waals surface area (Å²) in [4.78, 5) is 10.6. The molecule has 70 valence electrons. The highest BCUT2D eigenvalue weighted by Gasteiger charge is 2.03. The monoisotopic (exact) mass is 217 g/mol. The molecule has 0 saturated carbocycles. The van der Waals surface area contributed by atoms with Crippen LogP contribution in [0.5, 0.6) is 0 Å². The Morgan fingerprint density at radius 1 is 1.46 bits per heavy atom. The maximum absolute atomic E-state index is 10.6. The SMILES string of the molecule is CC(=O)NCc1cccc(Cl)c1Cl. The minimum absolute atomic E-state index is 0.0870. The van der Waals surface area contributed by atoms with Gasteiger partial charge in [0.2, 0.25) is 5.91 Å². The molecule has 1 aromatic rings. The molecule has 0 atom stereocenters. The third-order valence-corrected chi connectivity index (χ3v) is 2.42. The van der Waals surface area contributed by atoms with Crippen molar-refractivity contribution in [2.24, 2.45) is 0 Å². The largest absolute Gasteiger partial charge is 0.352 e. The normalized spacial score (nSPS) is 9.77. The number of carbonyl (C=O) groups excluding carboxylic acids is 1. The molecule has 13 heavy (non-hydrogen) atoms. The van der Waals surface area contributed by atoms with Gasteiger partial charge in [0.1, 0.15) is 0 Å². The van der Waals surface area contributed by atoms with Gasteiger partial charge < -0.3 is 5.32 Å². The van der Waals surface area contributed by atoms with Crippen molar-refractivity contribution in [3.63, 3.8) is 0 Å². The van der Waals surface area contributed by atoms with Crippen LogP contribution < -0.4 is 5.32 Å². The Morgan fingerprint density at radius 2 is 2.15 bits per heavy atom. The Morgan fingerprint density at radius 3 is 2.77 bits per heavy atom. The molecule has 4 heteroatoms. The summed E-state index contributed by atoms with van der Waals surface area (Å²) in [5.41, 5.74) is 0.823. The average molecular weight is 218 g/mol. The van der Waals surface area contributed by atoms with Crippen molar-refractivity contribution in [1.29, 1.82) is 0 Å². The smallest absolute Gasteiger partial charge is 0.217 e. The second-order valence-corrected chi connectivity index (χ2v) is 3.41. The molecule has 0 spiro atoms. The van der Waals surface area contributed by atoms with E-state index in [-0.39, 0.29) is 5.91 Å². The first kappa shape index (κ1) is 10.4. The van der Waals surface area contributed by atoms with E-state index in [0.29, 0.717) is 16.6 Å². The third kappa shape index (κ3) is 2.90. The molecule has 0 heterocycles. The summed E-state index contributed by atoms with van der Waals surface area (Å²) >= 11 is 11.7. The molecule has 0 aliphatic carbocycles. The Hall–Kier alpha value is -0.730. The number of rotatable bonds is 2. The molecule has 2 nitrogen and oxygen atoms in total. The van der Waals surface area contributed by atoms with Gasteiger partial charge in [0.25, 0.3) is 0 Å². The van der Waals surface area contributed by atoms with Crippen LogP contribution in [0, 0.1) is 0 Å². The summed E-state index contributed by atoms with van der Waals surface area (Å²) in [6.07, 6.45) is 0. The number of hydrogen-bond acceptors (Lipinski definition) is 1. The summed E-state index contributed by atoms with van der Waals surface area (Å²) in [6.45, 7) is 1.87. The molecule has 1 aromatic carbocycles. The molecule has 0 fully saturated rings. The van der Waals surface area contributed by atoms with Crippen LogP contribution in [-0.2, 0) is 11.3 Å². The fraction of sp³-hybridized carbons (Fsp3) is 0.222. The van der Waals surface area contributed by atoms with Gasteiger partial charge in [0.05, 0.1) is 10.0 Å². The van der Waals surface area contributed by atoms with E-state index in [0.717, 1.165) is 5.56 Å². The molecule has 0 bridgehead atoms. The molecular formula is C9H9Cl2NO. The minimum atomic E-state index is -0.0870. The number of amides is 1. The van der Waals surface area contributed by atoms with Crippen molar-refractivity contribution in [3.05, 3.63) is 33.8 Å². The highest BCUT2D eigenvalue weighted by molar-refractivity contribution is 6.42. The lowest BCUT2D eigenvalue weighted by molar-refractivity contribution is -0.119. The van der Waals surface area contributed by atoms with Gasteiger partial charge in [-0.3, -0.25) is 4.79 Å². The number of carbonyl (C=O) groups is 1. The van der Waals surface area contributed by atoms with Gasteiger partial charge >= 0.3 is 0 Å². The van der Waals surface area contributed by atoms with Gasteiger partial charge in [-0.2, -0.15) is 0 Å². The highest BCUT2D eigenvalue weighted by Crippen LogP contribution is 2.25. The second kappa shape index (κ2) is 4.49. The lowest BCUT2D eigenvalue weighted by atomic mass is 10.2. The van der Waals surface area contributed by atoms with Gasteiger partial charge in [-0.15, -0.1) is 0 Å². The van der Waals surface area contributed by atoms with Gasteiger partial charge in [0.15, 0.2) is 0 Å². The first-order valence-electron chi connectivity index (χ1n) is 3.78. The Balaban J connectivity index is 2.77. The van der Waals surface area contributed by atoms with Gasteiger partial charge in [0, 0.05) is 13.5 Å². The quantitative estimate of drug-likeness (QED) is 0.812. The van der Waals surface area contributed by atoms with Crippen LogP contribution >= 0.6 is 23.2 Å². The third-order valence-electron chi connectivity index (χ3n) is 1.56. The van der Waals surface area contributed by atoms with E-state index < -0.39 is 0 Å². The molecule has 0 aliphatic rings. The number of benzene rings is 1. The summed E-state index contributed by atoms with van der Waals surface area (Å²) in [5, 5.41) is 3.65. The first-order chi connectivity index (χ1) is 6.11. The van der Waals surface area contributed by atoms with Crippen molar-refractivity contribution in [2.45, 2.75) is 13.5 Å². The van der Waals surface area contributed by atoms with Crippen LogP contribution in [0.1, 0.15) is 12.5 Å². The maximum Gasteiger partial charge on any atom is 0.217 e. The standard InChI is InChI=1S/C9H9Cl2NO/c1-6(13)12-5-7-3-2-4-8(10)9(7)11/h2-4H,5H2,1H3,(H,12,13). The van der Waals surface area contributed by atoms with E-state index in [9.17, 15) is 4.79 Å². The number of hydrogen-bond donors (Lipinski definition) is 1. The van der Waals surface area contributed by atoms with Crippen molar-refractivity contribution in [1.82, 2.24) is 5.32 Å². The summed E-state index contributed by atoms with van der Waals surface area (Å²) in [5.74, 6) is -0.0870. The first-order valence-corrected chi connectivity index (χ1v) is 4.54. The van der Waals surface area contributed by atoms with Crippen LogP contribution in [0.3, 0.4) is 0 Å². The molecule has 0 aliphatic heterocycles. The summed E-state index contributed by atoms with van der Waals surface area (Å²) < 4.78 is 0. The number of halogens is 2. The van der Waals surface area contributed by atoms with Crippen LogP contribution in [0.25, 0.3) is 0 Å². The fourth-order valence-electron chi connectivity index (χ4n) is 0.905. The van der Waals surface area contributed by atoms with Crippen molar-refractivity contribution in [3.8, 4) is 0 Å². The van der Waals surface area contributed by atoms with Gasteiger partial charge in [-0.1, -0.05) is 35.3 Å². The van der Waals surface area contributed by atoms with Crippen molar-refractivity contribution < 1.29 is 4.79 Å². The Bertz CT molecular complexity index is 325.